The van der Waals surface area contributed by atoms with Crippen LogP contribution in [-0.4, -0.2) is 18.0 Å². The topological polar surface area (TPSA) is 50.9 Å². The molecule has 0 atom stereocenters. The first-order valence-electron chi connectivity index (χ1n) is 3.92. The second-order valence-electron chi connectivity index (χ2n) is 2.55. The molecule has 0 fully saturated rings. The van der Waals surface area contributed by atoms with Gasteiger partial charge in [-0.1, -0.05) is 0 Å². The van der Waals surface area contributed by atoms with E-state index in [1.54, 1.807) is 18.3 Å². The second-order valence-corrected chi connectivity index (χ2v) is 2.55. The molecule has 72 valence electrons. The van der Waals surface area contributed by atoms with Crippen LogP contribution in [-0.2, 0) is 0 Å². The predicted molar refractivity (Wildman–Crippen MR) is 47.8 cm³/mol. The van der Waals surface area contributed by atoms with Crippen molar-refractivity contribution in [3.05, 3.63) is 18.3 Å². The number of anilines is 2. The number of hydrogen-bond acceptors (Lipinski definition) is 3. The summed E-state index contributed by atoms with van der Waals surface area (Å²) in [6.07, 6.45) is -0.936. The quantitative estimate of drug-likeness (QED) is 0.754. The van der Waals surface area contributed by atoms with Crippen molar-refractivity contribution in [3.8, 4) is 0 Å². The van der Waals surface area contributed by atoms with Gasteiger partial charge in [-0.2, -0.15) is 0 Å². The molecule has 0 saturated heterocycles. The van der Waals surface area contributed by atoms with E-state index >= 15 is 0 Å². The maximum absolute atomic E-state index is 11.7. The average Bonchev–Trinajstić information content (AvgIpc) is 2.08. The molecule has 1 rings (SSSR count). The van der Waals surface area contributed by atoms with E-state index < -0.39 is 6.43 Å². The Morgan fingerprint density at radius 1 is 1.54 bits per heavy atom. The fraction of sp³-hybridized carbons (Fsp3) is 0.375. The van der Waals surface area contributed by atoms with Gasteiger partial charge < -0.3 is 11.1 Å². The van der Waals surface area contributed by atoms with Crippen LogP contribution >= 0.6 is 0 Å². The average molecular weight is 187 g/mol. The highest BCUT2D eigenvalue weighted by molar-refractivity contribution is 5.60. The maximum Gasteiger partial charge on any atom is 0.240 e. The molecule has 5 heteroatoms. The lowest BCUT2D eigenvalue weighted by molar-refractivity contribution is 0.142. The fourth-order valence-corrected chi connectivity index (χ4v) is 0.865. The molecule has 3 nitrogen and oxygen atoms in total. The van der Waals surface area contributed by atoms with Crippen molar-refractivity contribution in [2.45, 2.75) is 12.8 Å². The summed E-state index contributed by atoms with van der Waals surface area (Å²) < 4.78 is 23.5. The first-order valence-corrected chi connectivity index (χ1v) is 3.92. The SMILES string of the molecule is Nc1cccnc1NCCC(F)F. The summed E-state index contributed by atoms with van der Waals surface area (Å²) in [6, 6.07) is 3.35. The van der Waals surface area contributed by atoms with Crippen LogP contribution in [0.5, 0.6) is 0 Å². The molecule has 1 aromatic heterocycles. The Bertz CT molecular complexity index is 265. The van der Waals surface area contributed by atoms with Gasteiger partial charge in [0.05, 0.1) is 5.69 Å². The first kappa shape index (κ1) is 9.70. The highest BCUT2D eigenvalue weighted by Crippen LogP contribution is 2.12. The van der Waals surface area contributed by atoms with E-state index in [2.05, 4.69) is 10.3 Å². The van der Waals surface area contributed by atoms with Gasteiger partial charge in [-0.3, -0.25) is 0 Å². The van der Waals surface area contributed by atoms with E-state index in [1.807, 2.05) is 0 Å². The lowest BCUT2D eigenvalue weighted by Crippen LogP contribution is -2.08. The molecule has 1 aromatic rings. The fourth-order valence-electron chi connectivity index (χ4n) is 0.865. The zero-order chi connectivity index (χ0) is 9.68. The standard InChI is InChI=1S/C8H11F2N3/c9-7(10)3-5-13-8-6(11)2-1-4-12-8/h1-2,4,7H,3,5,11H2,(H,12,13). The van der Waals surface area contributed by atoms with Gasteiger partial charge in [0.2, 0.25) is 6.43 Å². The molecule has 0 spiro atoms. The third kappa shape index (κ3) is 3.23. The molecule has 0 aliphatic carbocycles. The number of hydrogen-bond donors (Lipinski definition) is 2. The number of nitrogen functional groups attached to an aromatic ring is 1. The van der Waals surface area contributed by atoms with Crippen LogP contribution in [0.3, 0.4) is 0 Å². The Hall–Kier alpha value is -1.39. The number of halogens is 2. The van der Waals surface area contributed by atoms with E-state index in [0.717, 1.165) is 0 Å². The zero-order valence-corrected chi connectivity index (χ0v) is 7.00. The van der Waals surface area contributed by atoms with E-state index in [9.17, 15) is 8.78 Å². The third-order valence-electron chi connectivity index (χ3n) is 1.49. The van der Waals surface area contributed by atoms with Gasteiger partial charge in [-0.25, -0.2) is 13.8 Å². The van der Waals surface area contributed by atoms with Crippen LogP contribution < -0.4 is 11.1 Å². The Morgan fingerprint density at radius 3 is 2.92 bits per heavy atom. The summed E-state index contributed by atoms with van der Waals surface area (Å²) in [6.45, 7) is 0.179. The Kier molecular flexibility index (Phi) is 3.42. The minimum Gasteiger partial charge on any atom is -0.396 e. The summed E-state index contributed by atoms with van der Waals surface area (Å²) >= 11 is 0. The highest BCUT2D eigenvalue weighted by atomic mass is 19.3. The highest BCUT2D eigenvalue weighted by Gasteiger charge is 2.02. The van der Waals surface area contributed by atoms with Gasteiger partial charge >= 0.3 is 0 Å². The predicted octanol–water partition coefficient (Wildman–Crippen LogP) is 1.73. The summed E-state index contributed by atoms with van der Waals surface area (Å²) in [5.41, 5.74) is 5.99. The molecule has 0 unspecified atom stereocenters. The molecule has 0 radical (unpaired) electrons. The molecule has 0 aromatic carbocycles. The van der Waals surface area contributed by atoms with Crippen LogP contribution in [0.15, 0.2) is 18.3 Å². The van der Waals surface area contributed by atoms with Crippen molar-refractivity contribution in [1.29, 1.82) is 0 Å². The summed E-state index contributed by atoms with van der Waals surface area (Å²) in [5, 5.41) is 2.73. The lowest BCUT2D eigenvalue weighted by atomic mass is 10.4. The van der Waals surface area contributed by atoms with Crippen LogP contribution in [0, 0.1) is 0 Å². The Morgan fingerprint density at radius 2 is 2.31 bits per heavy atom. The van der Waals surface area contributed by atoms with Gasteiger partial charge in [0.15, 0.2) is 0 Å². The van der Waals surface area contributed by atoms with Crippen LogP contribution in [0.2, 0.25) is 0 Å². The van der Waals surface area contributed by atoms with Crippen LogP contribution in [0.25, 0.3) is 0 Å². The largest absolute Gasteiger partial charge is 0.396 e. The van der Waals surface area contributed by atoms with Gasteiger partial charge in [0.1, 0.15) is 5.82 Å². The monoisotopic (exact) mass is 187 g/mol. The lowest BCUT2D eigenvalue weighted by Gasteiger charge is -2.06. The molecule has 0 aliphatic rings. The number of aromatic nitrogens is 1. The summed E-state index contributed by atoms with van der Waals surface area (Å²) in [5.74, 6) is 0.461. The van der Waals surface area contributed by atoms with E-state index in [0.29, 0.717) is 11.5 Å². The number of nitrogens with zero attached hydrogens (tertiary/aromatic N) is 1. The minimum atomic E-state index is -2.29. The zero-order valence-electron chi connectivity index (χ0n) is 7.00. The Balaban J connectivity index is 2.41. The van der Waals surface area contributed by atoms with E-state index in [-0.39, 0.29) is 13.0 Å². The smallest absolute Gasteiger partial charge is 0.240 e. The number of alkyl halides is 2. The van der Waals surface area contributed by atoms with Crippen LogP contribution in [0.4, 0.5) is 20.3 Å². The molecular weight excluding hydrogens is 176 g/mol. The second kappa shape index (κ2) is 4.59. The van der Waals surface area contributed by atoms with Gasteiger partial charge in [0.25, 0.3) is 0 Å². The Labute approximate surface area is 75.0 Å². The molecule has 1 heterocycles. The van der Waals surface area contributed by atoms with E-state index in [1.165, 1.54) is 0 Å². The molecule has 0 aliphatic heterocycles. The molecule has 3 N–H and O–H groups in total. The molecule has 0 saturated carbocycles. The van der Waals surface area contributed by atoms with Gasteiger partial charge in [-0.05, 0) is 12.1 Å². The molecule has 0 amide bonds. The summed E-state index contributed by atoms with van der Waals surface area (Å²) in [4.78, 5) is 3.89. The van der Waals surface area contributed by atoms with Crippen molar-refractivity contribution >= 4 is 11.5 Å². The van der Waals surface area contributed by atoms with Crippen molar-refractivity contribution in [3.63, 3.8) is 0 Å². The number of nitrogens with two attached hydrogens (primary N) is 1. The maximum atomic E-state index is 11.7. The summed E-state index contributed by atoms with van der Waals surface area (Å²) in [7, 11) is 0. The minimum absolute atomic E-state index is 0.179. The first-order chi connectivity index (χ1) is 6.20. The number of nitrogens with one attached hydrogen (secondary N) is 1. The number of rotatable bonds is 4. The number of pyridine rings is 1. The van der Waals surface area contributed by atoms with Crippen LogP contribution in [0.1, 0.15) is 6.42 Å². The van der Waals surface area contributed by atoms with Crippen molar-refractivity contribution in [2.75, 3.05) is 17.6 Å². The van der Waals surface area contributed by atoms with Crippen molar-refractivity contribution in [1.82, 2.24) is 4.98 Å². The third-order valence-corrected chi connectivity index (χ3v) is 1.49. The molecule has 0 bridgehead atoms. The van der Waals surface area contributed by atoms with Crippen molar-refractivity contribution < 1.29 is 8.78 Å². The molecule has 13 heavy (non-hydrogen) atoms. The molecular formula is C8H11F2N3. The van der Waals surface area contributed by atoms with Crippen molar-refractivity contribution in [2.24, 2.45) is 0 Å². The van der Waals surface area contributed by atoms with Gasteiger partial charge in [0, 0.05) is 19.2 Å². The van der Waals surface area contributed by atoms with Gasteiger partial charge in [-0.15, -0.1) is 0 Å². The normalized spacial score (nSPS) is 10.4. The van der Waals surface area contributed by atoms with E-state index in [4.69, 9.17) is 5.73 Å².